The van der Waals surface area contributed by atoms with Gasteiger partial charge in [0.15, 0.2) is 0 Å². The van der Waals surface area contributed by atoms with Gasteiger partial charge in [-0.3, -0.25) is 9.10 Å². The van der Waals surface area contributed by atoms with E-state index in [1.807, 2.05) is 32.9 Å². The maximum Gasteiger partial charge on any atom is 0.264 e. The maximum absolute atomic E-state index is 13.1. The average molecular weight is 372 g/mol. The molecule has 1 aliphatic rings. The lowest BCUT2D eigenvalue weighted by molar-refractivity contribution is -0.123. The Morgan fingerprint density at radius 2 is 1.77 bits per heavy atom. The molecule has 6 heteroatoms. The van der Waals surface area contributed by atoms with Crippen molar-refractivity contribution in [3.05, 3.63) is 54.1 Å². The summed E-state index contributed by atoms with van der Waals surface area (Å²) in [6.07, 6.45) is 1.59. The summed E-state index contributed by atoms with van der Waals surface area (Å²) in [7, 11) is -3.63. The van der Waals surface area contributed by atoms with Gasteiger partial charge in [0, 0.05) is 17.6 Å². The van der Waals surface area contributed by atoms with E-state index in [0.717, 1.165) is 18.4 Å². The second-order valence-electron chi connectivity index (χ2n) is 7.54. The van der Waals surface area contributed by atoms with Crippen LogP contribution in [0.2, 0.25) is 0 Å². The molecule has 0 saturated heterocycles. The summed E-state index contributed by atoms with van der Waals surface area (Å²) in [6.45, 7) is 5.95. The lowest BCUT2D eigenvalue weighted by atomic mass is 9.95. The molecule has 2 aromatic carbocycles. The van der Waals surface area contributed by atoms with E-state index in [-0.39, 0.29) is 10.8 Å². The number of rotatable bonds is 3. The second kappa shape index (κ2) is 6.76. The van der Waals surface area contributed by atoms with Crippen LogP contribution in [0.15, 0.2) is 53.4 Å². The highest BCUT2D eigenvalue weighted by Gasteiger charge is 2.29. The molecular weight excluding hydrogens is 348 g/mol. The second-order valence-corrected chi connectivity index (χ2v) is 9.40. The SMILES string of the molecule is CC(C)(C)C(=O)Nc1ccc2c(c1)N(S(=O)(=O)c1ccccc1)CCC2. The van der Waals surface area contributed by atoms with E-state index in [0.29, 0.717) is 17.9 Å². The first-order chi connectivity index (χ1) is 12.2. The zero-order chi connectivity index (χ0) is 18.9. The summed E-state index contributed by atoms with van der Waals surface area (Å²) < 4.78 is 27.6. The van der Waals surface area contributed by atoms with Gasteiger partial charge in [0.05, 0.1) is 10.6 Å². The number of nitrogens with one attached hydrogen (secondary N) is 1. The monoisotopic (exact) mass is 372 g/mol. The van der Waals surface area contributed by atoms with E-state index >= 15 is 0 Å². The van der Waals surface area contributed by atoms with Crippen LogP contribution < -0.4 is 9.62 Å². The molecule has 0 fully saturated rings. The summed E-state index contributed by atoms with van der Waals surface area (Å²) in [5, 5.41) is 2.88. The number of aryl methyl sites for hydroxylation is 1. The molecule has 138 valence electrons. The summed E-state index contributed by atoms with van der Waals surface area (Å²) in [5.41, 5.74) is 1.71. The molecule has 1 aliphatic heterocycles. The fourth-order valence-electron chi connectivity index (χ4n) is 2.91. The Morgan fingerprint density at radius 1 is 1.08 bits per heavy atom. The fraction of sp³-hybridized carbons (Fsp3) is 0.350. The van der Waals surface area contributed by atoms with Crippen molar-refractivity contribution in [2.75, 3.05) is 16.2 Å². The molecule has 0 saturated carbocycles. The molecule has 1 amide bonds. The third kappa shape index (κ3) is 3.60. The predicted octanol–water partition coefficient (Wildman–Crippen LogP) is 3.81. The zero-order valence-electron chi connectivity index (χ0n) is 15.3. The van der Waals surface area contributed by atoms with Crippen LogP contribution in [0.1, 0.15) is 32.8 Å². The van der Waals surface area contributed by atoms with Gasteiger partial charge in [-0.25, -0.2) is 8.42 Å². The van der Waals surface area contributed by atoms with Gasteiger partial charge in [-0.1, -0.05) is 45.0 Å². The van der Waals surface area contributed by atoms with Gasteiger partial charge in [-0.15, -0.1) is 0 Å². The van der Waals surface area contributed by atoms with Crippen LogP contribution in [0.3, 0.4) is 0 Å². The largest absolute Gasteiger partial charge is 0.326 e. The Balaban J connectivity index is 1.99. The molecule has 3 rings (SSSR count). The van der Waals surface area contributed by atoms with Crippen LogP contribution >= 0.6 is 0 Å². The smallest absolute Gasteiger partial charge is 0.264 e. The van der Waals surface area contributed by atoms with Crippen LogP contribution in [0.25, 0.3) is 0 Å². The van der Waals surface area contributed by atoms with E-state index in [1.54, 1.807) is 36.4 Å². The quantitative estimate of drug-likeness (QED) is 0.891. The number of nitrogens with zero attached hydrogens (tertiary/aromatic N) is 1. The number of fused-ring (bicyclic) bond motifs is 1. The summed E-state index contributed by atoms with van der Waals surface area (Å²) in [5.74, 6) is -0.106. The van der Waals surface area contributed by atoms with Gasteiger partial charge >= 0.3 is 0 Å². The van der Waals surface area contributed by atoms with Gasteiger partial charge in [0.25, 0.3) is 10.0 Å². The minimum atomic E-state index is -3.63. The number of carbonyl (C=O) groups is 1. The minimum absolute atomic E-state index is 0.106. The summed E-state index contributed by atoms with van der Waals surface area (Å²) in [4.78, 5) is 12.5. The lowest BCUT2D eigenvalue weighted by Gasteiger charge is -2.31. The van der Waals surface area contributed by atoms with Crippen molar-refractivity contribution in [1.82, 2.24) is 0 Å². The molecule has 0 aliphatic carbocycles. The molecular formula is C20H24N2O3S. The van der Waals surface area contributed by atoms with Crippen molar-refractivity contribution in [3.8, 4) is 0 Å². The standard InChI is InChI=1S/C20H24N2O3S/c1-20(2,3)19(23)21-16-12-11-15-8-7-13-22(18(15)14-16)26(24,25)17-9-5-4-6-10-17/h4-6,9-12,14H,7-8,13H2,1-3H3,(H,21,23). The maximum atomic E-state index is 13.1. The van der Waals surface area contributed by atoms with Crippen molar-refractivity contribution in [1.29, 1.82) is 0 Å². The van der Waals surface area contributed by atoms with E-state index in [4.69, 9.17) is 0 Å². The molecule has 26 heavy (non-hydrogen) atoms. The lowest BCUT2D eigenvalue weighted by Crippen LogP contribution is -2.35. The van der Waals surface area contributed by atoms with E-state index in [1.165, 1.54) is 4.31 Å². The van der Waals surface area contributed by atoms with Crippen molar-refractivity contribution in [2.24, 2.45) is 5.41 Å². The van der Waals surface area contributed by atoms with Crippen molar-refractivity contribution in [2.45, 2.75) is 38.5 Å². The Kier molecular flexibility index (Phi) is 4.80. The summed E-state index contributed by atoms with van der Waals surface area (Å²) >= 11 is 0. The third-order valence-electron chi connectivity index (χ3n) is 4.43. The van der Waals surface area contributed by atoms with E-state index < -0.39 is 15.4 Å². The normalized spacial score (nSPS) is 14.7. The molecule has 0 unspecified atom stereocenters. The Morgan fingerprint density at radius 3 is 2.42 bits per heavy atom. The number of amides is 1. The molecule has 0 spiro atoms. The van der Waals surface area contributed by atoms with Gasteiger partial charge in [-0.05, 0) is 42.7 Å². The van der Waals surface area contributed by atoms with Crippen molar-refractivity contribution < 1.29 is 13.2 Å². The third-order valence-corrected chi connectivity index (χ3v) is 6.26. The Labute approximate surface area is 155 Å². The minimum Gasteiger partial charge on any atom is -0.326 e. The van der Waals surface area contributed by atoms with E-state index in [9.17, 15) is 13.2 Å². The van der Waals surface area contributed by atoms with Gasteiger partial charge in [0.1, 0.15) is 0 Å². The molecule has 2 aromatic rings. The first kappa shape index (κ1) is 18.5. The number of carbonyl (C=O) groups excluding carboxylic acids is 1. The molecule has 0 bridgehead atoms. The van der Waals surface area contributed by atoms with Crippen LogP contribution in [-0.2, 0) is 21.2 Å². The zero-order valence-corrected chi connectivity index (χ0v) is 16.1. The van der Waals surface area contributed by atoms with Gasteiger partial charge < -0.3 is 5.32 Å². The molecule has 1 heterocycles. The van der Waals surface area contributed by atoms with Crippen molar-refractivity contribution in [3.63, 3.8) is 0 Å². The first-order valence-corrected chi connectivity index (χ1v) is 10.2. The van der Waals surface area contributed by atoms with Crippen LogP contribution in [0.5, 0.6) is 0 Å². The predicted molar refractivity (Wildman–Crippen MR) is 104 cm³/mol. The van der Waals surface area contributed by atoms with E-state index in [2.05, 4.69) is 5.32 Å². The Hall–Kier alpha value is -2.34. The fourth-order valence-corrected chi connectivity index (χ4v) is 4.46. The molecule has 1 N–H and O–H groups in total. The highest BCUT2D eigenvalue weighted by Crippen LogP contribution is 2.34. The first-order valence-electron chi connectivity index (χ1n) is 8.72. The summed E-state index contributed by atoms with van der Waals surface area (Å²) in [6, 6.07) is 13.9. The number of hydrogen-bond donors (Lipinski definition) is 1. The van der Waals surface area contributed by atoms with Crippen LogP contribution in [0.4, 0.5) is 11.4 Å². The number of hydrogen-bond acceptors (Lipinski definition) is 3. The highest BCUT2D eigenvalue weighted by molar-refractivity contribution is 7.92. The van der Waals surface area contributed by atoms with Crippen LogP contribution in [-0.4, -0.2) is 20.9 Å². The number of benzene rings is 2. The average Bonchev–Trinajstić information content (AvgIpc) is 2.61. The molecule has 0 radical (unpaired) electrons. The topological polar surface area (TPSA) is 66.5 Å². The van der Waals surface area contributed by atoms with Gasteiger partial charge in [0.2, 0.25) is 5.91 Å². The Bertz CT molecular complexity index is 916. The highest BCUT2D eigenvalue weighted by atomic mass is 32.2. The molecule has 0 atom stereocenters. The molecule has 5 nitrogen and oxygen atoms in total. The van der Waals surface area contributed by atoms with Crippen molar-refractivity contribution >= 4 is 27.3 Å². The van der Waals surface area contributed by atoms with Crippen LogP contribution in [0, 0.1) is 5.41 Å². The number of sulfonamides is 1. The van der Waals surface area contributed by atoms with Gasteiger partial charge in [-0.2, -0.15) is 0 Å². The number of anilines is 2. The molecule has 0 aromatic heterocycles.